The summed E-state index contributed by atoms with van der Waals surface area (Å²) in [5, 5.41) is 11.3. The van der Waals surface area contributed by atoms with Crippen molar-refractivity contribution in [1.82, 2.24) is 20.0 Å². The van der Waals surface area contributed by atoms with Crippen LogP contribution in [0.5, 0.6) is 0 Å². The van der Waals surface area contributed by atoms with E-state index in [1.165, 1.54) is 5.56 Å². The van der Waals surface area contributed by atoms with Crippen LogP contribution < -0.4 is 10.6 Å². The third-order valence-electron chi connectivity index (χ3n) is 6.83. The molecule has 2 amide bonds. The fraction of sp³-hybridized carbons (Fsp3) is 0.615. The van der Waals surface area contributed by atoms with Gasteiger partial charge in [0.1, 0.15) is 5.82 Å². The number of hydrogen-bond acceptors (Lipinski definition) is 5. The number of nitrogens with one attached hydrogen (secondary N) is 2. The molecule has 4 rings (SSSR count). The summed E-state index contributed by atoms with van der Waals surface area (Å²) < 4.78 is 12.8. The monoisotopic (exact) mass is 469 g/mol. The van der Waals surface area contributed by atoms with Crippen molar-refractivity contribution in [2.24, 2.45) is 0 Å². The SMILES string of the molecule is COCCN1C[C@H](NC(=O)Nc2cc(C(C)(C)C)nn2C2CCOCC2)[C@@H](c2ccccc2)C1. The summed E-state index contributed by atoms with van der Waals surface area (Å²) in [4.78, 5) is 15.6. The number of aromatic nitrogens is 2. The number of ether oxygens (including phenoxy) is 2. The largest absolute Gasteiger partial charge is 0.383 e. The van der Waals surface area contributed by atoms with E-state index in [0.717, 1.165) is 57.2 Å². The van der Waals surface area contributed by atoms with Gasteiger partial charge in [-0.2, -0.15) is 5.10 Å². The van der Waals surface area contributed by atoms with Gasteiger partial charge in [-0.15, -0.1) is 0 Å². The van der Waals surface area contributed by atoms with Gasteiger partial charge in [-0.25, -0.2) is 9.48 Å². The van der Waals surface area contributed by atoms with E-state index < -0.39 is 0 Å². The first kappa shape index (κ1) is 24.7. The molecule has 2 saturated heterocycles. The lowest BCUT2D eigenvalue weighted by Crippen LogP contribution is -2.42. The van der Waals surface area contributed by atoms with Crippen LogP contribution in [-0.2, 0) is 14.9 Å². The number of methoxy groups -OCH3 is 1. The van der Waals surface area contributed by atoms with Crippen molar-refractivity contribution >= 4 is 11.8 Å². The molecule has 0 saturated carbocycles. The summed E-state index contributed by atoms with van der Waals surface area (Å²) in [7, 11) is 1.72. The number of nitrogens with zero attached hydrogens (tertiary/aromatic N) is 3. The third-order valence-corrected chi connectivity index (χ3v) is 6.83. The zero-order valence-electron chi connectivity index (χ0n) is 20.9. The van der Waals surface area contributed by atoms with Crippen molar-refractivity contribution in [1.29, 1.82) is 0 Å². The van der Waals surface area contributed by atoms with Crippen molar-refractivity contribution in [3.63, 3.8) is 0 Å². The minimum Gasteiger partial charge on any atom is -0.383 e. The van der Waals surface area contributed by atoms with Crippen LogP contribution in [0.1, 0.15) is 56.8 Å². The van der Waals surface area contributed by atoms with E-state index in [2.05, 4.69) is 60.6 Å². The Hall–Kier alpha value is -2.42. The summed E-state index contributed by atoms with van der Waals surface area (Å²) in [5.41, 5.74) is 2.12. The predicted octanol–water partition coefficient (Wildman–Crippen LogP) is 3.77. The Kier molecular flexibility index (Phi) is 7.91. The van der Waals surface area contributed by atoms with Gasteiger partial charge >= 0.3 is 6.03 Å². The molecule has 0 spiro atoms. The molecule has 0 aliphatic carbocycles. The van der Waals surface area contributed by atoms with Gasteiger partial charge in [0.25, 0.3) is 0 Å². The molecule has 0 unspecified atom stereocenters. The molecule has 1 aromatic carbocycles. The second-order valence-electron chi connectivity index (χ2n) is 10.4. The van der Waals surface area contributed by atoms with Gasteiger partial charge in [0.2, 0.25) is 0 Å². The van der Waals surface area contributed by atoms with E-state index in [9.17, 15) is 4.79 Å². The van der Waals surface area contributed by atoms with Gasteiger partial charge in [0, 0.05) is 57.4 Å². The van der Waals surface area contributed by atoms with Crippen LogP contribution in [0.2, 0.25) is 0 Å². The number of benzene rings is 1. The summed E-state index contributed by atoms with van der Waals surface area (Å²) in [6.45, 7) is 11.1. The van der Waals surface area contributed by atoms with Crippen LogP contribution in [-0.4, -0.2) is 73.3 Å². The Morgan fingerprint density at radius 1 is 1.18 bits per heavy atom. The highest BCUT2D eigenvalue weighted by Crippen LogP contribution is 2.31. The van der Waals surface area contributed by atoms with Gasteiger partial charge in [0.05, 0.1) is 24.4 Å². The molecule has 2 aliphatic heterocycles. The van der Waals surface area contributed by atoms with Gasteiger partial charge in [-0.3, -0.25) is 10.2 Å². The predicted molar refractivity (Wildman–Crippen MR) is 133 cm³/mol. The lowest BCUT2D eigenvalue weighted by Gasteiger charge is -2.25. The number of anilines is 1. The van der Waals surface area contributed by atoms with Crippen molar-refractivity contribution in [2.45, 2.75) is 57.0 Å². The van der Waals surface area contributed by atoms with Crippen LogP contribution >= 0.6 is 0 Å². The first-order valence-electron chi connectivity index (χ1n) is 12.4. The number of likely N-dealkylation sites (tertiary alicyclic amines) is 1. The zero-order valence-corrected chi connectivity index (χ0v) is 20.9. The van der Waals surface area contributed by atoms with Crippen molar-refractivity contribution in [3.8, 4) is 0 Å². The lowest BCUT2D eigenvalue weighted by atomic mass is 9.92. The number of rotatable bonds is 7. The number of carbonyl (C=O) groups is 1. The van der Waals surface area contributed by atoms with Crippen molar-refractivity contribution in [2.75, 3.05) is 51.9 Å². The zero-order chi connectivity index (χ0) is 24.1. The fourth-order valence-electron chi connectivity index (χ4n) is 4.86. The number of urea groups is 1. The van der Waals surface area contributed by atoms with Gasteiger partial charge in [-0.1, -0.05) is 51.1 Å². The van der Waals surface area contributed by atoms with Gasteiger partial charge in [0.15, 0.2) is 0 Å². The molecule has 8 heteroatoms. The first-order chi connectivity index (χ1) is 16.3. The molecule has 2 fully saturated rings. The minimum atomic E-state index is -0.187. The molecule has 0 bridgehead atoms. The second-order valence-corrected chi connectivity index (χ2v) is 10.4. The molecule has 2 aliphatic rings. The second kappa shape index (κ2) is 10.9. The maximum absolute atomic E-state index is 13.2. The van der Waals surface area contributed by atoms with E-state index in [-0.39, 0.29) is 29.4 Å². The average molecular weight is 470 g/mol. The number of amides is 2. The van der Waals surface area contributed by atoms with E-state index in [1.807, 2.05) is 16.8 Å². The maximum Gasteiger partial charge on any atom is 0.320 e. The summed E-state index contributed by atoms with van der Waals surface area (Å²) in [5.74, 6) is 0.981. The molecule has 3 heterocycles. The van der Waals surface area contributed by atoms with Crippen LogP contribution in [0.3, 0.4) is 0 Å². The molecule has 8 nitrogen and oxygen atoms in total. The van der Waals surface area contributed by atoms with E-state index in [1.54, 1.807) is 7.11 Å². The Morgan fingerprint density at radius 2 is 1.91 bits per heavy atom. The standard InChI is InChI=1S/C26H39N5O3/c1-26(2,3)23-16-24(31(29-23)20-10-13-34-14-11-20)28-25(32)27-22-18-30(12-15-33-4)17-21(22)19-8-6-5-7-9-19/h5-9,16,20-22H,10-15,17-18H2,1-4H3,(H2,27,28,32)/t21-,22+/m1/s1. The topological polar surface area (TPSA) is 80.7 Å². The Morgan fingerprint density at radius 3 is 2.59 bits per heavy atom. The Bertz CT molecular complexity index is 934. The van der Waals surface area contributed by atoms with Crippen molar-refractivity contribution in [3.05, 3.63) is 47.7 Å². The molecule has 2 aromatic rings. The maximum atomic E-state index is 13.2. The highest BCUT2D eigenvalue weighted by Gasteiger charge is 2.35. The first-order valence-corrected chi connectivity index (χ1v) is 12.4. The molecule has 2 N–H and O–H groups in total. The van der Waals surface area contributed by atoms with E-state index in [4.69, 9.17) is 14.6 Å². The van der Waals surface area contributed by atoms with Crippen LogP contribution in [0, 0.1) is 0 Å². The quantitative estimate of drug-likeness (QED) is 0.645. The van der Waals surface area contributed by atoms with Gasteiger partial charge < -0.3 is 14.8 Å². The molecule has 2 atom stereocenters. The lowest BCUT2D eigenvalue weighted by molar-refractivity contribution is 0.0666. The highest BCUT2D eigenvalue weighted by atomic mass is 16.5. The average Bonchev–Trinajstić information content (AvgIpc) is 3.43. The van der Waals surface area contributed by atoms with Crippen LogP contribution in [0.25, 0.3) is 0 Å². The van der Waals surface area contributed by atoms with Crippen LogP contribution in [0.4, 0.5) is 10.6 Å². The molecule has 34 heavy (non-hydrogen) atoms. The molecular formula is C26H39N5O3. The highest BCUT2D eigenvalue weighted by molar-refractivity contribution is 5.88. The van der Waals surface area contributed by atoms with Gasteiger partial charge in [-0.05, 0) is 18.4 Å². The van der Waals surface area contributed by atoms with Crippen LogP contribution in [0.15, 0.2) is 36.4 Å². The molecule has 1 aromatic heterocycles. The molecule has 0 radical (unpaired) electrons. The van der Waals surface area contributed by atoms with Crippen molar-refractivity contribution < 1.29 is 14.3 Å². The normalized spacial score (nSPS) is 22.1. The number of hydrogen-bond donors (Lipinski definition) is 2. The fourth-order valence-corrected chi connectivity index (χ4v) is 4.86. The van der Waals surface area contributed by atoms with E-state index in [0.29, 0.717) is 6.61 Å². The Balaban J connectivity index is 1.50. The summed E-state index contributed by atoms with van der Waals surface area (Å²) in [6.07, 6.45) is 1.80. The minimum absolute atomic E-state index is 0.0146. The van der Waals surface area contributed by atoms with E-state index >= 15 is 0 Å². The molecule has 186 valence electrons. The smallest absolute Gasteiger partial charge is 0.320 e. The number of carbonyl (C=O) groups excluding carboxylic acids is 1. The Labute approximate surface area is 203 Å². The summed E-state index contributed by atoms with van der Waals surface area (Å²) >= 11 is 0. The molecular weight excluding hydrogens is 430 g/mol. The third kappa shape index (κ3) is 5.98. The summed E-state index contributed by atoms with van der Waals surface area (Å²) in [6, 6.07) is 12.5.